The molecule has 0 radical (unpaired) electrons. The zero-order valence-electron chi connectivity index (χ0n) is 16.2. The standard InChI is InChI=1S/C20H20O10/c1-3-4-5-8-6-9-18-10(21)12-19(26,7(2)13(23)28-12)20(18,15(25)27-9)30-16-17(8,18)11(22)14(24)29-16/h7-12,16,21-22,26H,5-6H2,1-2H3/t7-,8-,9+,10?,11+,12+,16+,17+,18?,19-,20-/m1/s1. The van der Waals surface area contributed by atoms with Crippen LogP contribution in [0.1, 0.15) is 26.7 Å². The number of carbonyl (C=O) groups excluding carboxylic acids is 3. The van der Waals surface area contributed by atoms with Crippen molar-refractivity contribution in [3.8, 4) is 11.8 Å². The van der Waals surface area contributed by atoms with Gasteiger partial charge in [0.1, 0.15) is 12.2 Å². The van der Waals surface area contributed by atoms with Crippen LogP contribution in [0.5, 0.6) is 0 Å². The van der Waals surface area contributed by atoms with Crippen molar-refractivity contribution in [1.29, 1.82) is 0 Å². The number of aliphatic hydroxyl groups is 3. The van der Waals surface area contributed by atoms with Gasteiger partial charge in [0.15, 0.2) is 17.8 Å². The molecule has 2 spiro atoms. The van der Waals surface area contributed by atoms with Crippen LogP contribution in [0.25, 0.3) is 0 Å². The SMILES string of the molecule is CC#CC[C@@H]1C[C@@H]2OC(=O)[C@@]34O[C@@H]5OC(=O)[C@H](O)[C@@]15C23C(O)[C@@H]1OC(=O)[C@@H](C)[C@@]14O. The fraction of sp³-hybridized carbons (Fsp3) is 0.750. The van der Waals surface area contributed by atoms with Crippen LogP contribution < -0.4 is 0 Å². The van der Waals surface area contributed by atoms with E-state index in [-0.39, 0.29) is 12.8 Å². The Morgan fingerprint density at radius 2 is 1.87 bits per heavy atom. The number of ether oxygens (including phenoxy) is 4. The number of carbonyl (C=O) groups is 3. The van der Waals surface area contributed by atoms with Gasteiger partial charge in [-0.1, -0.05) is 0 Å². The first kappa shape index (κ1) is 18.6. The maximum Gasteiger partial charge on any atom is 0.343 e. The lowest BCUT2D eigenvalue weighted by molar-refractivity contribution is -0.238. The van der Waals surface area contributed by atoms with Crippen molar-refractivity contribution in [2.75, 3.05) is 0 Å². The first-order chi connectivity index (χ1) is 14.2. The summed E-state index contributed by atoms with van der Waals surface area (Å²) in [5.41, 5.74) is -7.84. The van der Waals surface area contributed by atoms with Crippen LogP contribution in [0.4, 0.5) is 0 Å². The molecule has 160 valence electrons. The molecular formula is C20H20O10. The van der Waals surface area contributed by atoms with Gasteiger partial charge in [-0.15, -0.1) is 11.8 Å². The van der Waals surface area contributed by atoms with Gasteiger partial charge in [0, 0.05) is 6.42 Å². The fourth-order valence-corrected chi connectivity index (χ4v) is 7.68. The Morgan fingerprint density at radius 1 is 1.13 bits per heavy atom. The number of hydrogen-bond donors (Lipinski definition) is 3. The number of esters is 3. The Hall–Kier alpha value is -2.19. The highest BCUT2D eigenvalue weighted by Crippen LogP contribution is 2.83. The molecule has 2 aliphatic carbocycles. The third kappa shape index (κ3) is 1.32. The summed E-state index contributed by atoms with van der Waals surface area (Å²) < 4.78 is 22.3. The van der Waals surface area contributed by atoms with Gasteiger partial charge in [0.25, 0.3) is 0 Å². The molecule has 0 aromatic rings. The molecule has 6 aliphatic rings. The van der Waals surface area contributed by atoms with E-state index in [9.17, 15) is 29.7 Å². The second-order valence-electron chi connectivity index (χ2n) is 9.08. The van der Waals surface area contributed by atoms with E-state index in [0.717, 1.165) is 0 Å². The van der Waals surface area contributed by atoms with Crippen LogP contribution in [0, 0.1) is 34.5 Å². The van der Waals surface area contributed by atoms with Gasteiger partial charge in [0.05, 0.1) is 16.7 Å². The molecule has 4 saturated heterocycles. The molecule has 0 aromatic carbocycles. The Morgan fingerprint density at radius 3 is 2.57 bits per heavy atom. The quantitative estimate of drug-likeness (QED) is 0.247. The average molecular weight is 420 g/mol. The molecule has 0 aromatic heterocycles. The van der Waals surface area contributed by atoms with E-state index < -0.39 is 82.5 Å². The zero-order chi connectivity index (χ0) is 21.4. The Bertz CT molecular complexity index is 982. The molecule has 4 aliphatic heterocycles. The lowest BCUT2D eigenvalue weighted by atomic mass is 9.53. The van der Waals surface area contributed by atoms with Crippen molar-refractivity contribution < 1.29 is 48.7 Å². The minimum atomic E-state index is -2.26. The Labute approximate surface area is 170 Å². The van der Waals surface area contributed by atoms with Crippen molar-refractivity contribution in [1.82, 2.24) is 0 Å². The molecule has 0 bridgehead atoms. The normalized spacial score (nSPS) is 59.0. The van der Waals surface area contributed by atoms with Gasteiger partial charge in [-0.05, 0) is 26.2 Å². The summed E-state index contributed by atoms with van der Waals surface area (Å²) in [6, 6.07) is 0. The predicted molar refractivity (Wildman–Crippen MR) is 90.6 cm³/mol. The highest BCUT2D eigenvalue weighted by atomic mass is 16.8. The minimum Gasteiger partial charge on any atom is -0.459 e. The molecule has 6 rings (SSSR count). The molecule has 6 fully saturated rings. The van der Waals surface area contributed by atoms with Crippen LogP contribution in [-0.4, -0.2) is 75.1 Å². The smallest absolute Gasteiger partial charge is 0.343 e. The molecular weight excluding hydrogens is 400 g/mol. The van der Waals surface area contributed by atoms with E-state index in [4.69, 9.17) is 18.9 Å². The molecule has 10 nitrogen and oxygen atoms in total. The molecule has 4 heterocycles. The molecule has 30 heavy (non-hydrogen) atoms. The average Bonchev–Trinajstić information content (AvgIpc) is 3.41. The molecule has 10 heteroatoms. The summed E-state index contributed by atoms with van der Waals surface area (Å²) in [5, 5.41) is 34.4. The van der Waals surface area contributed by atoms with Gasteiger partial charge < -0.3 is 34.3 Å². The fourth-order valence-electron chi connectivity index (χ4n) is 7.68. The lowest BCUT2D eigenvalue weighted by Crippen LogP contribution is -2.66. The zero-order valence-corrected chi connectivity index (χ0v) is 16.2. The van der Waals surface area contributed by atoms with E-state index in [2.05, 4.69) is 11.8 Å². The van der Waals surface area contributed by atoms with Crippen molar-refractivity contribution in [3.63, 3.8) is 0 Å². The first-order valence-corrected chi connectivity index (χ1v) is 9.95. The van der Waals surface area contributed by atoms with Crippen molar-refractivity contribution in [2.45, 2.75) is 68.6 Å². The van der Waals surface area contributed by atoms with Crippen LogP contribution in [0.3, 0.4) is 0 Å². The van der Waals surface area contributed by atoms with Crippen molar-refractivity contribution >= 4 is 17.9 Å². The van der Waals surface area contributed by atoms with E-state index >= 15 is 0 Å². The summed E-state index contributed by atoms with van der Waals surface area (Å²) in [7, 11) is 0. The second kappa shape index (κ2) is 4.99. The molecule has 3 N–H and O–H groups in total. The van der Waals surface area contributed by atoms with Crippen molar-refractivity contribution in [3.05, 3.63) is 0 Å². The van der Waals surface area contributed by atoms with Crippen LogP contribution in [0.2, 0.25) is 0 Å². The molecule has 2 unspecified atom stereocenters. The van der Waals surface area contributed by atoms with Crippen LogP contribution >= 0.6 is 0 Å². The van der Waals surface area contributed by atoms with Gasteiger partial charge in [-0.25, -0.2) is 9.59 Å². The largest absolute Gasteiger partial charge is 0.459 e. The van der Waals surface area contributed by atoms with E-state index in [1.54, 1.807) is 6.92 Å². The molecule has 11 atom stereocenters. The maximum atomic E-state index is 13.3. The third-order valence-corrected chi connectivity index (χ3v) is 8.62. The van der Waals surface area contributed by atoms with Gasteiger partial charge >= 0.3 is 17.9 Å². The number of rotatable bonds is 1. The topological polar surface area (TPSA) is 149 Å². The number of hydrogen-bond acceptors (Lipinski definition) is 10. The lowest BCUT2D eigenvalue weighted by Gasteiger charge is -2.44. The Kier molecular flexibility index (Phi) is 3.09. The molecule has 2 saturated carbocycles. The highest BCUT2D eigenvalue weighted by Gasteiger charge is 3.03. The number of aliphatic hydroxyl groups excluding tert-OH is 2. The van der Waals surface area contributed by atoms with E-state index in [1.165, 1.54) is 6.92 Å². The summed E-state index contributed by atoms with van der Waals surface area (Å²) in [6.07, 6.45) is -6.86. The van der Waals surface area contributed by atoms with E-state index in [0.29, 0.717) is 0 Å². The van der Waals surface area contributed by atoms with Crippen molar-refractivity contribution in [2.24, 2.45) is 22.7 Å². The Balaban J connectivity index is 1.68. The number of fused-ring (bicyclic) bond motifs is 1. The summed E-state index contributed by atoms with van der Waals surface area (Å²) in [6.45, 7) is 3.02. The summed E-state index contributed by atoms with van der Waals surface area (Å²) in [5.74, 6) is 1.24. The van der Waals surface area contributed by atoms with Crippen LogP contribution in [-0.2, 0) is 33.3 Å². The highest BCUT2D eigenvalue weighted by molar-refractivity contribution is 5.94. The third-order valence-electron chi connectivity index (χ3n) is 8.62. The first-order valence-electron chi connectivity index (χ1n) is 9.95. The maximum absolute atomic E-state index is 13.3. The summed E-state index contributed by atoms with van der Waals surface area (Å²) in [4.78, 5) is 38.0. The van der Waals surface area contributed by atoms with E-state index in [1.807, 2.05) is 0 Å². The van der Waals surface area contributed by atoms with Crippen LogP contribution in [0.15, 0.2) is 0 Å². The summed E-state index contributed by atoms with van der Waals surface area (Å²) >= 11 is 0. The van der Waals surface area contributed by atoms with Gasteiger partial charge in [-0.3, -0.25) is 4.79 Å². The monoisotopic (exact) mass is 420 g/mol. The minimum absolute atomic E-state index is 0.178. The second-order valence-corrected chi connectivity index (χ2v) is 9.08. The predicted octanol–water partition coefficient (Wildman–Crippen LogP) is -2.00. The van der Waals surface area contributed by atoms with Gasteiger partial charge in [0.2, 0.25) is 11.9 Å². The molecule has 0 amide bonds. The van der Waals surface area contributed by atoms with Gasteiger partial charge in [-0.2, -0.15) is 0 Å².